The summed E-state index contributed by atoms with van der Waals surface area (Å²) < 4.78 is 1.70. The summed E-state index contributed by atoms with van der Waals surface area (Å²) >= 11 is 6.74. The Bertz CT molecular complexity index is 778. The van der Waals surface area contributed by atoms with Crippen LogP contribution in [0.15, 0.2) is 51.5 Å². The molecule has 0 fully saturated rings. The van der Waals surface area contributed by atoms with E-state index < -0.39 is 0 Å². The topological polar surface area (TPSA) is 57.8 Å². The van der Waals surface area contributed by atoms with Crippen LogP contribution in [0.1, 0.15) is 10.4 Å². The molecule has 0 unspecified atom stereocenters. The van der Waals surface area contributed by atoms with Crippen LogP contribution in [0, 0.1) is 0 Å². The summed E-state index contributed by atoms with van der Waals surface area (Å²) in [5.74, 6) is -0.158. The highest BCUT2D eigenvalue weighted by atomic mass is 79.9. The van der Waals surface area contributed by atoms with Crippen molar-refractivity contribution in [2.45, 2.75) is 0 Å². The fraction of sp³-hybridized carbons (Fsp3) is 0. The molecule has 1 heterocycles. The lowest BCUT2D eigenvalue weighted by Gasteiger charge is -2.06. The van der Waals surface area contributed by atoms with Gasteiger partial charge in [0.1, 0.15) is 0 Å². The number of halogens is 2. The summed E-state index contributed by atoms with van der Waals surface area (Å²) in [5.41, 5.74) is 2.26. The molecule has 0 radical (unpaired) electrons. The Balaban J connectivity index is 1.87. The fourth-order valence-electron chi connectivity index (χ4n) is 1.91. The molecule has 0 saturated carbocycles. The zero-order chi connectivity index (χ0) is 14.1. The van der Waals surface area contributed by atoms with Crippen molar-refractivity contribution in [2.75, 3.05) is 5.32 Å². The van der Waals surface area contributed by atoms with Gasteiger partial charge in [-0.2, -0.15) is 5.10 Å². The number of nitrogens with zero attached hydrogens (tertiary/aromatic N) is 1. The highest BCUT2D eigenvalue weighted by Crippen LogP contribution is 2.22. The van der Waals surface area contributed by atoms with Crippen LogP contribution in [0.5, 0.6) is 0 Å². The van der Waals surface area contributed by atoms with Gasteiger partial charge in [-0.05, 0) is 36.4 Å². The highest BCUT2D eigenvalue weighted by molar-refractivity contribution is 9.11. The van der Waals surface area contributed by atoms with E-state index in [2.05, 4.69) is 47.4 Å². The van der Waals surface area contributed by atoms with Crippen LogP contribution in [0.4, 0.5) is 5.69 Å². The molecular formula is C14H9Br2N3O. The zero-order valence-corrected chi connectivity index (χ0v) is 13.3. The van der Waals surface area contributed by atoms with Crippen molar-refractivity contribution < 1.29 is 4.79 Å². The van der Waals surface area contributed by atoms with Gasteiger partial charge in [-0.1, -0.05) is 31.9 Å². The second kappa shape index (κ2) is 5.38. The van der Waals surface area contributed by atoms with Gasteiger partial charge in [0.05, 0.1) is 11.7 Å². The normalized spacial score (nSPS) is 10.7. The number of rotatable bonds is 2. The number of benzene rings is 2. The van der Waals surface area contributed by atoms with Crippen molar-refractivity contribution in [2.24, 2.45) is 0 Å². The first-order chi connectivity index (χ1) is 9.61. The van der Waals surface area contributed by atoms with Crippen LogP contribution in [-0.2, 0) is 0 Å². The van der Waals surface area contributed by atoms with E-state index in [4.69, 9.17) is 0 Å². The zero-order valence-electron chi connectivity index (χ0n) is 10.2. The van der Waals surface area contributed by atoms with Crippen LogP contribution < -0.4 is 5.32 Å². The molecule has 2 aromatic carbocycles. The summed E-state index contributed by atoms with van der Waals surface area (Å²) in [7, 11) is 0. The molecule has 3 rings (SSSR count). The molecule has 0 atom stereocenters. The van der Waals surface area contributed by atoms with Gasteiger partial charge >= 0.3 is 0 Å². The van der Waals surface area contributed by atoms with E-state index in [1.54, 1.807) is 18.3 Å². The molecule has 0 aliphatic heterocycles. The molecule has 2 N–H and O–H groups in total. The molecule has 0 bridgehead atoms. The maximum absolute atomic E-state index is 12.2. The molecule has 0 spiro atoms. The Kier molecular flexibility index (Phi) is 3.58. The van der Waals surface area contributed by atoms with Crippen molar-refractivity contribution in [3.63, 3.8) is 0 Å². The van der Waals surface area contributed by atoms with Crippen LogP contribution in [0.3, 0.4) is 0 Å². The number of fused-ring (bicyclic) bond motifs is 1. The smallest absolute Gasteiger partial charge is 0.255 e. The standard InChI is InChI=1S/C14H9Br2N3O/c15-10-3-8(4-11(16)6-10)14(20)18-12-1-2-13-9(5-12)7-17-19-13/h1-7H,(H,17,19)(H,18,20). The molecule has 100 valence electrons. The summed E-state index contributed by atoms with van der Waals surface area (Å²) in [6.07, 6.45) is 1.72. The van der Waals surface area contributed by atoms with Crippen LogP contribution in [-0.4, -0.2) is 16.1 Å². The average Bonchev–Trinajstić information content (AvgIpc) is 2.85. The van der Waals surface area contributed by atoms with E-state index in [1.165, 1.54) is 0 Å². The summed E-state index contributed by atoms with van der Waals surface area (Å²) in [4.78, 5) is 12.2. The Morgan fingerprint density at radius 2 is 1.85 bits per heavy atom. The monoisotopic (exact) mass is 393 g/mol. The SMILES string of the molecule is O=C(Nc1ccc2[nH]ncc2c1)c1cc(Br)cc(Br)c1. The molecule has 0 aliphatic rings. The van der Waals surface area contributed by atoms with Gasteiger partial charge in [0.15, 0.2) is 0 Å². The van der Waals surface area contributed by atoms with Gasteiger partial charge in [-0.3, -0.25) is 9.89 Å². The molecule has 1 aromatic heterocycles. The average molecular weight is 395 g/mol. The first kappa shape index (κ1) is 13.3. The van der Waals surface area contributed by atoms with Crippen molar-refractivity contribution in [1.82, 2.24) is 10.2 Å². The van der Waals surface area contributed by atoms with Gasteiger partial charge in [0.25, 0.3) is 5.91 Å². The minimum atomic E-state index is -0.158. The molecule has 3 aromatic rings. The van der Waals surface area contributed by atoms with Gasteiger partial charge in [0, 0.05) is 25.6 Å². The third kappa shape index (κ3) is 2.76. The Morgan fingerprint density at radius 1 is 1.10 bits per heavy atom. The van der Waals surface area contributed by atoms with Crippen LogP contribution >= 0.6 is 31.9 Å². The lowest BCUT2D eigenvalue weighted by molar-refractivity contribution is 0.102. The summed E-state index contributed by atoms with van der Waals surface area (Å²) in [6.45, 7) is 0. The van der Waals surface area contributed by atoms with E-state index in [0.29, 0.717) is 5.56 Å². The Hall–Kier alpha value is -1.66. The Morgan fingerprint density at radius 3 is 2.60 bits per heavy atom. The molecule has 6 heteroatoms. The maximum atomic E-state index is 12.2. The number of carbonyl (C=O) groups is 1. The number of aromatic nitrogens is 2. The third-order valence-electron chi connectivity index (χ3n) is 2.82. The van der Waals surface area contributed by atoms with E-state index in [0.717, 1.165) is 25.5 Å². The van der Waals surface area contributed by atoms with Gasteiger partial charge in [-0.25, -0.2) is 0 Å². The van der Waals surface area contributed by atoms with Crippen molar-refractivity contribution in [3.8, 4) is 0 Å². The second-order valence-corrected chi connectivity index (χ2v) is 6.12. The van der Waals surface area contributed by atoms with Gasteiger partial charge in [0.2, 0.25) is 0 Å². The predicted octanol–water partition coefficient (Wildman–Crippen LogP) is 4.34. The first-order valence-electron chi connectivity index (χ1n) is 5.82. The van der Waals surface area contributed by atoms with Crippen LogP contribution in [0.25, 0.3) is 10.9 Å². The highest BCUT2D eigenvalue weighted by Gasteiger charge is 2.08. The third-order valence-corrected chi connectivity index (χ3v) is 3.74. The largest absolute Gasteiger partial charge is 0.322 e. The number of hydrogen-bond donors (Lipinski definition) is 2. The van der Waals surface area contributed by atoms with Crippen molar-refractivity contribution in [1.29, 1.82) is 0 Å². The number of nitrogens with one attached hydrogen (secondary N) is 2. The minimum absolute atomic E-state index is 0.158. The minimum Gasteiger partial charge on any atom is -0.322 e. The predicted molar refractivity (Wildman–Crippen MR) is 85.9 cm³/mol. The number of anilines is 1. The first-order valence-corrected chi connectivity index (χ1v) is 7.41. The lowest BCUT2D eigenvalue weighted by Crippen LogP contribution is -2.11. The van der Waals surface area contributed by atoms with E-state index in [1.807, 2.05) is 24.3 Å². The quantitative estimate of drug-likeness (QED) is 0.679. The number of H-pyrrole nitrogens is 1. The molecule has 0 saturated heterocycles. The van der Waals surface area contributed by atoms with E-state index in [9.17, 15) is 4.79 Å². The number of aromatic amines is 1. The fourth-order valence-corrected chi connectivity index (χ4v) is 3.20. The van der Waals surface area contributed by atoms with Gasteiger partial charge < -0.3 is 5.32 Å². The number of carbonyl (C=O) groups excluding carboxylic acids is 1. The van der Waals surface area contributed by atoms with Crippen molar-refractivity contribution in [3.05, 3.63) is 57.1 Å². The van der Waals surface area contributed by atoms with Gasteiger partial charge in [-0.15, -0.1) is 0 Å². The maximum Gasteiger partial charge on any atom is 0.255 e. The summed E-state index contributed by atoms with van der Waals surface area (Å²) in [5, 5.41) is 10.7. The molecule has 20 heavy (non-hydrogen) atoms. The molecule has 1 amide bonds. The second-order valence-electron chi connectivity index (χ2n) is 4.28. The van der Waals surface area contributed by atoms with Crippen LogP contribution in [0.2, 0.25) is 0 Å². The Labute approximate surface area is 131 Å². The number of amides is 1. The van der Waals surface area contributed by atoms with E-state index in [-0.39, 0.29) is 5.91 Å². The molecule has 4 nitrogen and oxygen atoms in total. The number of hydrogen-bond acceptors (Lipinski definition) is 2. The summed E-state index contributed by atoms with van der Waals surface area (Å²) in [6, 6.07) is 11.0. The van der Waals surface area contributed by atoms with Crippen molar-refractivity contribution >= 4 is 54.4 Å². The molecular weight excluding hydrogens is 386 g/mol. The van der Waals surface area contributed by atoms with E-state index >= 15 is 0 Å². The lowest BCUT2D eigenvalue weighted by atomic mass is 10.2. The molecule has 0 aliphatic carbocycles.